The summed E-state index contributed by atoms with van der Waals surface area (Å²) in [5.41, 5.74) is 1.69. The van der Waals surface area contributed by atoms with Gasteiger partial charge in [0.25, 0.3) is 11.8 Å². The van der Waals surface area contributed by atoms with Gasteiger partial charge in [-0.05, 0) is 42.5 Å². The normalized spacial score (nSPS) is 12.8. The Hall–Kier alpha value is -2.83. The van der Waals surface area contributed by atoms with E-state index in [9.17, 15) is 14.0 Å². The Kier molecular flexibility index (Phi) is 5.30. The van der Waals surface area contributed by atoms with Crippen molar-refractivity contribution in [2.24, 2.45) is 0 Å². The summed E-state index contributed by atoms with van der Waals surface area (Å²) in [6.07, 6.45) is 0. The van der Waals surface area contributed by atoms with Crippen molar-refractivity contribution in [3.63, 3.8) is 0 Å². The molecule has 1 aliphatic rings. The maximum Gasteiger partial charge on any atom is 0.259 e. The lowest BCUT2D eigenvalue weighted by Gasteiger charge is -2.24. The summed E-state index contributed by atoms with van der Waals surface area (Å²) in [6.45, 7) is -0.0522. The molecule has 0 aromatic heterocycles. The molecule has 146 valence electrons. The fraction of sp³-hybridized carbons (Fsp3) is 0.0909. The second-order valence-electron chi connectivity index (χ2n) is 6.45. The maximum absolute atomic E-state index is 14.5. The van der Waals surface area contributed by atoms with Gasteiger partial charge in [-0.3, -0.25) is 9.59 Å². The topological polar surface area (TPSA) is 49.4 Å². The SMILES string of the molecule is CNC(=O)c1ccc2c(c1)N(Cc1c(F)cccc1Cl)C(=O)c1ccccc1S2. The third kappa shape index (κ3) is 3.61. The number of carbonyl (C=O) groups is 2. The smallest absolute Gasteiger partial charge is 0.259 e. The molecule has 0 saturated heterocycles. The molecule has 29 heavy (non-hydrogen) atoms. The highest BCUT2D eigenvalue weighted by molar-refractivity contribution is 7.99. The molecule has 0 saturated carbocycles. The molecular formula is C22H16ClFN2O2S. The quantitative estimate of drug-likeness (QED) is 0.630. The van der Waals surface area contributed by atoms with Gasteiger partial charge in [-0.2, -0.15) is 0 Å². The Morgan fingerprint density at radius 3 is 2.66 bits per heavy atom. The Labute approximate surface area is 176 Å². The highest BCUT2D eigenvalue weighted by Gasteiger charge is 2.29. The van der Waals surface area contributed by atoms with Crippen molar-refractivity contribution >= 4 is 40.9 Å². The van der Waals surface area contributed by atoms with Crippen LogP contribution in [0.4, 0.5) is 10.1 Å². The zero-order valence-corrected chi connectivity index (χ0v) is 17.0. The van der Waals surface area contributed by atoms with Gasteiger partial charge in [0.1, 0.15) is 5.82 Å². The van der Waals surface area contributed by atoms with Crippen LogP contribution in [-0.4, -0.2) is 18.9 Å². The van der Waals surface area contributed by atoms with Crippen molar-refractivity contribution in [2.45, 2.75) is 16.3 Å². The Balaban J connectivity index is 1.90. The zero-order valence-electron chi connectivity index (χ0n) is 15.4. The first-order valence-electron chi connectivity index (χ1n) is 8.87. The summed E-state index contributed by atoms with van der Waals surface area (Å²) < 4.78 is 14.5. The second kappa shape index (κ2) is 7.89. The molecule has 0 bridgehead atoms. The number of fused-ring (bicyclic) bond motifs is 2. The number of benzene rings is 3. The molecule has 4 nitrogen and oxygen atoms in total. The molecule has 0 aliphatic carbocycles. The third-order valence-corrected chi connectivity index (χ3v) is 6.19. The zero-order chi connectivity index (χ0) is 20.5. The van der Waals surface area contributed by atoms with Crippen LogP contribution in [0.25, 0.3) is 0 Å². The number of anilines is 1. The summed E-state index contributed by atoms with van der Waals surface area (Å²) in [5, 5.41) is 2.83. The standard InChI is InChI=1S/C22H16ClFN2O2S/c1-25-21(27)13-9-10-20-18(11-13)26(12-15-16(23)6-4-7-17(15)24)22(28)14-5-2-3-8-19(14)29-20/h2-11H,12H2,1H3,(H,25,27). The van der Waals surface area contributed by atoms with E-state index in [2.05, 4.69) is 5.32 Å². The monoisotopic (exact) mass is 426 g/mol. The fourth-order valence-corrected chi connectivity index (χ4v) is 4.49. The van der Waals surface area contributed by atoms with Crippen molar-refractivity contribution in [1.82, 2.24) is 5.32 Å². The number of hydrogen-bond acceptors (Lipinski definition) is 3. The van der Waals surface area contributed by atoms with E-state index in [0.29, 0.717) is 16.8 Å². The second-order valence-corrected chi connectivity index (χ2v) is 7.94. The molecule has 2 amide bonds. The van der Waals surface area contributed by atoms with Crippen molar-refractivity contribution in [3.05, 3.63) is 88.2 Å². The number of amides is 2. The van der Waals surface area contributed by atoms with Crippen LogP contribution >= 0.6 is 23.4 Å². The van der Waals surface area contributed by atoms with Crippen LogP contribution in [0.1, 0.15) is 26.3 Å². The van der Waals surface area contributed by atoms with E-state index >= 15 is 0 Å². The van der Waals surface area contributed by atoms with E-state index in [4.69, 9.17) is 11.6 Å². The van der Waals surface area contributed by atoms with E-state index in [1.807, 2.05) is 12.1 Å². The average molecular weight is 427 g/mol. The van der Waals surface area contributed by atoms with Crippen molar-refractivity contribution in [3.8, 4) is 0 Å². The largest absolute Gasteiger partial charge is 0.355 e. The average Bonchev–Trinajstić information content (AvgIpc) is 2.84. The van der Waals surface area contributed by atoms with Crippen LogP contribution in [0.5, 0.6) is 0 Å². The maximum atomic E-state index is 14.5. The Bertz CT molecular complexity index is 1120. The van der Waals surface area contributed by atoms with Crippen molar-refractivity contribution < 1.29 is 14.0 Å². The number of nitrogens with one attached hydrogen (secondary N) is 1. The van der Waals surface area contributed by atoms with E-state index in [0.717, 1.165) is 9.79 Å². The molecule has 7 heteroatoms. The summed E-state index contributed by atoms with van der Waals surface area (Å²) in [6, 6.07) is 16.8. The molecule has 1 aliphatic heterocycles. The van der Waals surface area contributed by atoms with E-state index < -0.39 is 5.82 Å². The van der Waals surface area contributed by atoms with Gasteiger partial charge in [0.2, 0.25) is 0 Å². The minimum absolute atomic E-state index is 0.0522. The molecule has 4 rings (SSSR count). The summed E-state index contributed by atoms with van der Waals surface area (Å²) in [7, 11) is 1.54. The predicted molar refractivity (Wildman–Crippen MR) is 112 cm³/mol. The van der Waals surface area contributed by atoms with Gasteiger partial charge in [0.05, 0.1) is 17.8 Å². The predicted octanol–water partition coefficient (Wildman–Crippen LogP) is 5.15. The Morgan fingerprint density at radius 2 is 1.90 bits per heavy atom. The van der Waals surface area contributed by atoms with E-state index in [1.54, 1.807) is 43.4 Å². The lowest BCUT2D eigenvalue weighted by molar-refractivity contribution is 0.0958. The molecule has 1 heterocycles. The molecule has 0 fully saturated rings. The first-order chi connectivity index (χ1) is 14.0. The molecule has 0 radical (unpaired) electrons. The van der Waals surface area contributed by atoms with Gasteiger partial charge in [-0.1, -0.05) is 41.6 Å². The molecule has 0 unspecified atom stereocenters. The number of halogens is 2. The number of carbonyl (C=O) groups excluding carboxylic acids is 2. The lowest BCUT2D eigenvalue weighted by atomic mass is 10.1. The van der Waals surface area contributed by atoms with Gasteiger partial charge >= 0.3 is 0 Å². The number of hydrogen-bond donors (Lipinski definition) is 1. The first kappa shape index (κ1) is 19.5. The van der Waals surface area contributed by atoms with Crippen LogP contribution in [0.2, 0.25) is 5.02 Å². The molecule has 0 atom stereocenters. The summed E-state index contributed by atoms with van der Waals surface area (Å²) in [5.74, 6) is -1.03. The molecule has 1 N–H and O–H groups in total. The fourth-order valence-electron chi connectivity index (χ4n) is 3.20. The minimum Gasteiger partial charge on any atom is -0.355 e. The lowest BCUT2D eigenvalue weighted by Crippen LogP contribution is -2.31. The van der Waals surface area contributed by atoms with Gasteiger partial charge in [-0.15, -0.1) is 0 Å². The molecule has 3 aromatic rings. The highest BCUT2D eigenvalue weighted by atomic mass is 35.5. The van der Waals surface area contributed by atoms with Crippen LogP contribution in [-0.2, 0) is 6.54 Å². The van der Waals surface area contributed by atoms with E-state index in [1.165, 1.54) is 28.8 Å². The summed E-state index contributed by atoms with van der Waals surface area (Å²) >= 11 is 7.66. The number of nitrogens with zero attached hydrogens (tertiary/aromatic N) is 1. The van der Waals surface area contributed by atoms with E-state index in [-0.39, 0.29) is 28.9 Å². The molecule has 0 spiro atoms. The van der Waals surface area contributed by atoms with Crippen LogP contribution in [0, 0.1) is 5.82 Å². The summed E-state index contributed by atoms with van der Waals surface area (Å²) in [4.78, 5) is 28.7. The van der Waals surface area contributed by atoms with Gasteiger partial charge in [0.15, 0.2) is 0 Å². The minimum atomic E-state index is -0.487. The van der Waals surface area contributed by atoms with Gasteiger partial charge in [-0.25, -0.2) is 4.39 Å². The molecule has 3 aromatic carbocycles. The third-order valence-electron chi connectivity index (χ3n) is 4.70. The first-order valence-corrected chi connectivity index (χ1v) is 10.1. The highest BCUT2D eigenvalue weighted by Crippen LogP contribution is 2.42. The van der Waals surface area contributed by atoms with Crippen LogP contribution < -0.4 is 10.2 Å². The van der Waals surface area contributed by atoms with Crippen LogP contribution in [0.3, 0.4) is 0 Å². The number of rotatable bonds is 3. The van der Waals surface area contributed by atoms with Crippen molar-refractivity contribution in [1.29, 1.82) is 0 Å². The van der Waals surface area contributed by atoms with Crippen molar-refractivity contribution in [2.75, 3.05) is 11.9 Å². The van der Waals surface area contributed by atoms with Crippen LogP contribution in [0.15, 0.2) is 70.5 Å². The van der Waals surface area contributed by atoms with Gasteiger partial charge < -0.3 is 10.2 Å². The Morgan fingerprint density at radius 1 is 1.10 bits per heavy atom. The molecular weight excluding hydrogens is 411 g/mol. The van der Waals surface area contributed by atoms with Gasteiger partial charge in [0, 0.05) is 33.0 Å².